The molecule has 4 nitrogen and oxygen atoms in total. The minimum Gasteiger partial charge on any atom is -0.355 e. The van der Waals surface area contributed by atoms with E-state index in [1.54, 1.807) is 17.7 Å². The van der Waals surface area contributed by atoms with Gasteiger partial charge in [0.1, 0.15) is 11.4 Å². The molecule has 1 aromatic carbocycles. The van der Waals surface area contributed by atoms with Crippen LogP contribution in [0.15, 0.2) is 53.1 Å². The summed E-state index contributed by atoms with van der Waals surface area (Å²) in [6.45, 7) is 2.57. The van der Waals surface area contributed by atoms with E-state index in [-0.39, 0.29) is 11.2 Å². The molecule has 1 unspecified atom stereocenters. The lowest BCUT2D eigenvalue weighted by Gasteiger charge is -2.12. The SMILES string of the molecule is CC(Sc1ncnc2ccccc12)C(=O)NCCc1cccs1. The highest BCUT2D eigenvalue weighted by molar-refractivity contribution is 8.00. The minimum atomic E-state index is -0.198. The average Bonchev–Trinajstić information content (AvgIpc) is 3.08. The van der Waals surface area contributed by atoms with E-state index in [0.29, 0.717) is 6.54 Å². The molecule has 23 heavy (non-hydrogen) atoms. The van der Waals surface area contributed by atoms with Crippen LogP contribution in [0, 0.1) is 0 Å². The van der Waals surface area contributed by atoms with Gasteiger partial charge in [-0.05, 0) is 30.9 Å². The first-order valence-corrected chi connectivity index (χ1v) is 9.16. The molecule has 0 aliphatic carbocycles. The van der Waals surface area contributed by atoms with E-state index in [0.717, 1.165) is 22.3 Å². The van der Waals surface area contributed by atoms with E-state index < -0.39 is 0 Å². The van der Waals surface area contributed by atoms with E-state index in [4.69, 9.17) is 0 Å². The molecule has 1 N–H and O–H groups in total. The lowest BCUT2D eigenvalue weighted by molar-refractivity contribution is -0.120. The number of thioether (sulfide) groups is 1. The van der Waals surface area contributed by atoms with Crippen LogP contribution in [0.4, 0.5) is 0 Å². The van der Waals surface area contributed by atoms with Crippen molar-refractivity contribution in [3.8, 4) is 0 Å². The third-order valence-corrected chi connectivity index (χ3v) is 5.47. The van der Waals surface area contributed by atoms with Crippen LogP contribution in [0.25, 0.3) is 10.9 Å². The number of aromatic nitrogens is 2. The van der Waals surface area contributed by atoms with E-state index in [1.807, 2.05) is 37.3 Å². The van der Waals surface area contributed by atoms with Crippen molar-refractivity contribution in [3.05, 3.63) is 53.0 Å². The Balaban J connectivity index is 1.59. The molecule has 0 aliphatic rings. The van der Waals surface area contributed by atoms with Crippen LogP contribution in [-0.2, 0) is 11.2 Å². The second-order valence-electron chi connectivity index (χ2n) is 5.08. The number of rotatable bonds is 6. The van der Waals surface area contributed by atoms with E-state index in [2.05, 4.69) is 26.7 Å². The highest BCUT2D eigenvalue weighted by Gasteiger charge is 2.16. The van der Waals surface area contributed by atoms with Gasteiger partial charge in [0, 0.05) is 16.8 Å². The fourth-order valence-electron chi connectivity index (χ4n) is 2.20. The molecule has 0 fully saturated rings. The molecular formula is C17H17N3OS2. The number of carbonyl (C=O) groups excluding carboxylic acids is 1. The minimum absolute atomic E-state index is 0.0363. The normalized spacial score (nSPS) is 12.2. The van der Waals surface area contributed by atoms with Crippen molar-refractivity contribution in [1.82, 2.24) is 15.3 Å². The van der Waals surface area contributed by atoms with Gasteiger partial charge in [-0.3, -0.25) is 4.79 Å². The summed E-state index contributed by atoms with van der Waals surface area (Å²) in [7, 11) is 0. The average molecular weight is 343 g/mol. The predicted molar refractivity (Wildman–Crippen MR) is 95.9 cm³/mol. The Bertz CT molecular complexity index is 784. The Morgan fingerprint density at radius 3 is 2.96 bits per heavy atom. The first-order chi connectivity index (χ1) is 11.2. The molecule has 118 valence electrons. The van der Waals surface area contributed by atoms with Crippen molar-refractivity contribution in [2.45, 2.75) is 23.6 Å². The smallest absolute Gasteiger partial charge is 0.233 e. The summed E-state index contributed by atoms with van der Waals surface area (Å²) in [6.07, 6.45) is 2.42. The van der Waals surface area contributed by atoms with Crippen molar-refractivity contribution in [2.24, 2.45) is 0 Å². The summed E-state index contributed by atoms with van der Waals surface area (Å²) in [5.41, 5.74) is 0.898. The van der Waals surface area contributed by atoms with Gasteiger partial charge in [-0.25, -0.2) is 9.97 Å². The third-order valence-electron chi connectivity index (χ3n) is 3.41. The number of nitrogens with one attached hydrogen (secondary N) is 1. The van der Waals surface area contributed by atoms with Crippen LogP contribution in [0.3, 0.4) is 0 Å². The number of amides is 1. The highest BCUT2D eigenvalue weighted by atomic mass is 32.2. The zero-order chi connectivity index (χ0) is 16.1. The summed E-state index contributed by atoms with van der Waals surface area (Å²) in [5, 5.41) is 6.67. The summed E-state index contributed by atoms with van der Waals surface area (Å²) in [4.78, 5) is 22.1. The number of hydrogen-bond donors (Lipinski definition) is 1. The Morgan fingerprint density at radius 1 is 1.26 bits per heavy atom. The van der Waals surface area contributed by atoms with Gasteiger partial charge in [0.25, 0.3) is 0 Å². The maximum absolute atomic E-state index is 12.2. The molecule has 0 spiro atoms. The molecule has 2 aromatic heterocycles. The monoisotopic (exact) mass is 343 g/mol. The zero-order valence-electron chi connectivity index (χ0n) is 12.7. The van der Waals surface area contributed by atoms with Crippen LogP contribution < -0.4 is 5.32 Å². The fourth-order valence-corrected chi connectivity index (χ4v) is 3.84. The molecular weight excluding hydrogens is 326 g/mol. The summed E-state index contributed by atoms with van der Waals surface area (Å²) in [6, 6.07) is 12.0. The Labute approximate surface area is 143 Å². The Hall–Kier alpha value is -1.92. The highest BCUT2D eigenvalue weighted by Crippen LogP contribution is 2.27. The largest absolute Gasteiger partial charge is 0.355 e. The molecule has 1 amide bonds. The van der Waals surface area contributed by atoms with Crippen molar-refractivity contribution in [2.75, 3.05) is 6.54 Å². The number of thiophene rings is 1. The first kappa shape index (κ1) is 16.0. The third kappa shape index (κ3) is 4.09. The van der Waals surface area contributed by atoms with Crippen LogP contribution in [0.1, 0.15) is 11.8 Å². The number of hydrogen-bond acceptors (Lipinski definition) is 5. The number of para-hydroxylation sites is 1. The first-order valence-electron chi connectivity index (χ1n) is 7.40. The number of nitrogens with zero attached hydrogens (tertiary/aromatic N) is 2. The van der Waals surface area contributed by atoms with Crippen LogP contribution in [0.2, 0.25) is 0 Å². The maximum Gasteiger partial charge on any atom is 0.233 e. The van der Waals surface area contributed by atoms with Crippen molar-refractivity contribution in [1.29, 1.82) is 0 Å². The molecule has 1 atom stereocenters. The fraction of sp³-hybridized carbons (Fsp3) is 0.235. The van der Waals surface area contributed by atoms with Gasteiger partial charge < -0.3 is 5.32 Å². The molecule has 0 bridgehead atoms. The summed E-state index contributed by atoms with van der Waals surface area (Å²) in [5.74, 6) is 0.0363. The van der Waals surface area contributed by atoms with Gasteiger partial charge in [-0.2, -0.15) is 0 Å². The van der Waals surface area contributed by atoms with Gasteiger partial charge in [0.05, 0.1) is 10.8 Å². The summed E-state index contributed by atoms with van der Waals surface area (Å²) >= 11 is 3.18. The topological polar surface area (TPSA) is 54.9 Å². The number of fused-ring (bicyclic) bond motifs is 1. The molecule has 6 heteroatoms. The van der Waals surface area contributed by atoms with Gasteiger partial charge in [0.2, 0.25) is 5.91 Å². The number of carbonyl (C=O) groups is 1. The Kier molecular flexibility index (Phi) is 5.25. The van der Waals surface area contributed by atoms with E-state index in [9.17, 15) is 4.79 Å². The van der Waals surface area contributed by atoms with Crippen molar-refractivity contribution < 1.29 is 4.79 Å². The predicted octanol–water partition coefficient (Wildman–Crippen LogP) is 3.53. The quantitative estimate of drug-likeness (QED) is 0.549. The second-order valence-corrected chi connectivity index (χ2v) is 7.44. The van der Waals surface area contributed by atoms with Crippen LogP contribution >= 0.6 is 23.1 Å². The zero-order valence-corrected chi connectivity index (χ0v) is 14.4. The van der Waals surface area contributed by atoms with Crippen molar-refractivity contribution >= 4 is 39.9 Å². The second kappa shape index (κ2) is 7.57. The molecule has 3 aromatic rings. The number of benzene rings is 1. The van der Waals surface area contributed by atoms with Crippen LogP contribution in [-0.4, -0.2) is 27.7 Å². The van der Waals surface area contributed by atoms with Gasteiger partial charge in [0.15, 0.2) is 0 Å². The molecule has 3 rings (SSSR count). The maximum atomic E-state index is 12.2. The van der Waals surface area contributed by atoms with Gasteiger partial charge in [-0.1, -0.05) is 36.0 Å². The molecule has 0 saturated carbocycles. The lowest BCUT2D eigenvalue weighted by Crippen LogP contribution is -2.32. The molecule has 0 radical (unpaired) electrons. The Morgan fingerprint density at radius 2 is 2.13 bits per heavy atom. The lowest BCUT2D eigenvalue weighted by atomic mass is 10.2. The summed E-state index contributed by atoms with van der Waals surface area (Å²) < 4.78 is 0. The van der Waals surface area contributed by atoms with Crippen molar-refractivity contribution in [3.63, 3.8) is 0 Å². The van der Waals surface area contributed by atoms with Gasteiger partial charge >= 0.3 is 0 Å². The van der Waals surface area contributed by atoms with Crippen LogP contribution in [0.5, 0.6) is 0 Å². The van der Waals surface area contributed by atoms with E-state index >= 15 is 0 Å². The standard InChI is InChI=1S/C17H17N3OS2/c1-12(16(21)18-9-8-13-5-4-10-22-13)23-17-14-6-2-3-7-15(14)19-11-20-17/h2-7,10-12H,8-9H2,1H3,(H,18,21). The molecule has 0 saturated heterocycles. The van der Waals surface area contributed by atoms with E-state index in [1.165, 1.54) is 16.6 Å². The van der Waals surface area contributed by atoms with Gasteiger partial charge in [-0.15, -0.1) is 11.3 Å². The molecule has 0 aliphatic heterocycles. The molecule has 2 heterocycles.